The molecular weight excluding hydrogens is 332 g/mol. The van der Waals surface area contributed by atoms with Gasteiger partial charge in [-0.25, -0.2) is 0 Å². The summed E-state index contributed by atoms with van der Waals surface area (Å²) < 4.78 is 10.6. The second-order valence-electron chi connectivity index (χ2n) is 7.38. The number of rotatable bonds is 16. The molecule has 0 bridgehead atoms. The smallest absolute Gasteiger partial charge is 0.114 e. The number of hydrogen-bond acceptors (Lipinski definition) is 5. The first-order valence-electron chi connectivity index (χ1n) is 10.5. The molecule has 5 nitrogen and oxygen atoms in total. The first-order valence-corrected chi connectivity index (χ1v) is 10.5. The average molecular weight is 373 g/mol. The number of aliphatic hydroxyl groups excluding tert-OH is 3. The van der Waals surface area contributed by atoms with Crippen LogP contribution in [0.5, 0.6) is 0 Å². The lowest BCUT2D eigenvalue weighted by Crippen LogP contribution is -2.40. The zero-order valence-electron chi connectivity index (χ0n) is 16.5. The van der Waals surface area contributed by atoms with E-state index in [0.717, 1.165) is 12.8 Å². The lowest BCUT2D eigenvalue weighted by molar-refractivity contribution is -0.0813. The second-order valence-corrected chi connectivity index (χ2v) is 7.38. The van der Waals surface area contributed by atoms with Crippen LogP contribution in [-0.4, -0.2) is 59.6 Å². The summed E-state index contributed by atoms with van der Waals surface area (Å²) in [5, 5.41) is 29.0. The number of hydrogen-bond donors (Lipinski definition) is 3. The van der Waals surface area contributed by atoms with Gasteiger partial charge in [-0.3, -0.25) is 0 Å². The van der Waals surface area contributed by atoms with E-state index in [-0.39, 0.29) is 13.2 Å². The molecule has 1 fully saturated rings. The van der Waals surface area contributed by atoms with Crippen molar-refractivity contribution in [3.8, 4) is 0 Å². The Hall–Kier alpha value is -0.460. The van der Waals surface area contributed by atoms with Crippen LogP contribution in [0.25, 0.3) is 0 Å². The molecule has 0 aromatic rings. The van der Waals surface area contributed by atoms with E-state index in [2.05, 4.69) is 19.1 Å². The zero-order valence-corrected chi connectivity index (χ0v) is 16.5. The van der Waals surface area contributed by atoms with Crippen molar-refractivity contribution in [1.29, 1.82) is 0 Å². The van der Waals surface area contributed by atoms with Gasteiger partial charge in [0.1, 0.15) is 24.4 Å². The van der Waals surface area contributed by atoms with Crippen molar-refractivity contribution < 1.29 is 24.8 Å². The average Bonchev–Trinajstić information content (AvgIpc) is 2.97. The Morgan fingerprint density at radius 3 is 2.19 bits per heavy atom. The first-order chi connectivity index (χ1) is 12.7. The van der Waals surface area contributed by atoms with Gasteiger partial charge in [0.25, 0.3) is 0 Å². The molecule has 26 heavy (non-hydrogen) atoms. The van der Waals surface area contributed by atoms with Gasteiger partial charge >= 0.3 is 0 Å². The summed E-state index contributed by atoms with van der Waals surface area (Å²) in [6.45, 7) is 3.05. The quantitative estimate of drug-likeness (QED) is 0.286. The summed E-state index contributed by atoms with van der Waals surface area (Å²) >= 11 is 0. The standard InChI is InChI=1S/C21H40O5/c1-2-3-4-5-6-7-8-9-10-11-12-13-14-15-25-16-19(23)21-20(24)18(22)17-26-21/h5-6,18-24H,2-4,7-17H2,1H3/b6-5+/t18-,19+,20+,21+/m1/s1. The summed E-state index contributed by atoms with van der Waals surface area (Å²) in [4.78, 5) is 0. The summed E-state index contributed by atoms with van der Waals surface area (Å²) in [7, 11) is 0. The largest absolute Gasteiger partial charge is 0.388 e. The molecule has 0 unspecified atom stereocenters. The predicted octanol–water partition coefficient (Wildman–Crippen LogP) is 3.35. The van der Waals surface area contributed by atoms with E-state index in [1.54, 1.807) is 0 Å². The molecule has 0 aliphatic carbocycles. The third kappa shape index (κ3) is 10.6. The Kier molecular flexibility index (Phi) is 14.1. The van der Waals surface area contributed by atoms with E-state index in [4.69, 9.17) is 9.47 Å². The van der Waals surface area contributed by atoms with Gasteiger partial charge in [-0.1, -0.05) is 64.0 Å². The molecule has 0 aromatic carbocycles. The number of allylic oxidation sites excluding steroid dienone is 2. The Bertz CT molecular complexity index is 347. The van der Waals surface area contributed by atoms with Crippen LogP contribution >= 0.6 is 0 Å². The highest BCUT2D eigenvalue weighted by molar-refractivity contribution is 4.87. The van der Waals surface area contributed by atoms with E-state index in [0.29, 0.717) is 6.61 Å². The number of unbranched alkanes of at least 4 members (excludes halogenated alkanes) is 9. The maximum absolute atomic E-state index is 9.92. The fourth-order valence-corrected chi connectivity index (χ4v) is 3.17. The van der Waals surface area contributed by atoms with Gasteiger partial charge in [0, 0.05) is 6.61 Å². The van der Waals surface area contributed by atoms with Gasteiger partial charge in [-0.15, -0.1) is 0 Å². The molecule has 4 atom stereocenters. The van der Waals surface area contributed by atoms with Crippen molar-refractivity contribution in [2.45, 2.75) is 102 Å². The van der Waals surface area contributed by atoms with Gasteiger partial charge in [0.2, 0.25) is 0 Å². The van der Waals surface area contributed by atoms with Crippen molar-refractivity contribution in [3.05, 3.63) is 12.2 Å². The third-order valence-corrected chi connectivity index (χ3v) is 4.91. The Morgan fingerprint density at radius 2 is 1.58 bits per heavy atom. The van der Waals surface area contributed by atoms with Crippen molar-refractivity contribution in [2.24, 2.45) is 0 Å². The second kappa shape index (κ2) is 15.6. The third-order valence-electron chi connectivity index (χ3n) is 4.91. The van der Waals surface area contributed by atoms with Crippen LogP contribution < -0.4 is 0 Å². The van der Waals surface area contributed by atoms with Crippen molar-refractivity contribution in [2.75, 3.05) is 19.8 Å². The molecule has 154 valence electrons. The fourth-order valence-electron chi connectivity index (χ4n) is 3.17. The molecule has 0 spiro atoms. The van der Waals surface area contributed by atoms with Crippen LogP contribution in [0.2, 0.25) is 0 Å². The maximum atomic E-state index is 9.92. The fraction of sp³-hybridized carbons (Fsp3) is 0.905. The van der Waals surface area contributed by atoms with Gasteiger partial charge in [0.15, 0.2) is 0 Å². The summed E-state index contributed by atoms with van der Waals surface area (Å²) in [5.74, 6) is 0. The highest BCUT2D eigenvalue weighted by atomic mass is 16.5. The Balaban J connectivity index is 1.81. The molecule has 1 aliphatic rings. The molecule has 3 N–H and O–H groups in total. The van der Waals surface area contributed by atoms with Crippen LogP contribution in [0.4, 0.5) is 0 Å². The summed E-state index contributed by atoms with van der Waals surface area (Å²) in [6.07, 6.45) is 14.7. The SMILES string of the molecule is CCCC/C=C/CCCCCCCCCOC[C@H](O)[C@@H]1OC[C@@H](O)[C@@H]1O. The van der Waals surface area contributed by atoms with Crippen LogP contribution in [0.1, 0.15) is 77.6 Å². The van der Waals surface area contributed by atoms with Gasteiger partial charge in [-0.2, -0.15) is 0 Å². The predicted molar refractivity (Wildman–Crippen MR) is 104 cm³/mol. The van der Waals surface area contributed by atoms with Gasteiger partial charge < -0.3 is 24.8 Å². The van der Waals surface area contributed by atoms with Crippen molar-refractivity contribution in [3.63, 3.8) is 0 Å². The molecule has 1 rings (SSSR count). The summed E-state index contributed by atoms with van der Waals surface area (Å²) in [5.41, 5.74) is 0. The van der Waals surface area contributed by atoms with Crippen LogP contribution in [0.3, 0.4) is 0 Å². The lowest BCUT2D eigenvalue weighted by atomic mass is 10.1. The van der Waals surface area contributed by atoms with Crippen molar-refractivity contribution in [1.82, 2.24) is 0 Å². The molecule has 0 aromatic heterocycles. The van der Waals surface area contributed by atoms with Crippen LogP contribution in [0.15, 0.2) is 12.2 Å². The highest BCUT2D eigenvalue weighted by Crippen LogP contribution is 2.18. The van der Waals surface area contributed by atoms with Crippen LogP contribution in [-0.2, 0) is 9.47 Å². The van der Waals surface area contributed by atoms with E-state index in [1.807, 2.05) is 0 Å². The summed E-state index contributed by atoms with van der Waals surface area (Å²) in [6, 6.07) is 0. The molecular formula is C21H40O5. The number of ether oxygens (including phenoxy) is 2. The van der Waals surface area contributed by atoms with E-state index in [9.17, 15) is 15.3 Å². The molecule has 0 saturated carbocycles. The molecule has 0 amide bonds. The molecule has 1 heterocycles. The zero-order chi connectivity index (χ0) is 19.0. The maximum Gasteiger partial charge on any atom is 0.114 e. The molecule has 1 aliphatic heterocycles. The highest BCUT2D eigenvalue weighted by Gasteiger charge is 2.39. The normalized spacial score (nSPS) is 24.5. The molecule has 5 heteroatoms. The van der Waals surface area contributed by atoms with E-state index < -0.39 is 24.4 Å². The minimum atomic E-state index is -1.03. The first kappa shape index (κ1) is 23.6. The minimum Gasteiger partial charge on any atom is -0.388 e. The molecule has 0 radical (unpaired) electrons. The molecule has 1 saturated heterocycles. The van der Waals surface area contributed by atoms with Crippen molar-refractivity contribution >= 4 is 0 Å². The van der Waals surface area contributed by atoms with E-state index in [1.165, 1.54) is 57.8 Å². The minimum absolute atomic E-state index is 0.0675. The van der Waals surface area contributed by atoms with Gasteiger partial charge in [-0.05, 0) is 25.7 Å². The monoisotopic (exact) mass is 372 g/mol. The van der Waals surface area contributed by atoms with Crippen LogP contribution in [0, 0.1) is 0 Å². The topological polar surface area (TPSA) is 79.2 Å². The van der Waals surface area contributed by atoms with E-state index >= 15 is 0 Å². The van der Waals surface area contributed by atoms with Gasteiger partial charge in [0.05, 0.1) is 13.2 Å². The Labute approximate surface area is 159 Å². The lowest BCUT2D eigenvalue weighted by Gasteiger charge is -2.20. The Morgan fingerprint density at radius 1 is 0.962 bits per heavy atom. The number of aliphatic hydroxyl groups is 3.